The van der Waals surface area contributed by atoms with Crippen molar-refractivity contribution in [3.63, 3.8) is 0 Å². The second-order valence-electron chi connectivity index (χ2n) is 5.88. The molecule has 0 atom stereocenters. The molecule has 0 aliphatic rings. The third-order valence-electron chi connectivity index (χ3n) is 3.86. The average Bonchev–Trinajstić information content (AvgIpc) is 3.37. The molecule has 9 heteroatoms. The molecule has 8 nitrogen and oxygen atoms in total. The van der Waals surface area contributed by atoms with E-state index in [0.29, 0.717) is 47.8 Å². The fourth-order valence-corrected chi connectivity index (χ4v) is 3.31. The number of hydrogen-bond acceptors (Lipinski definition) is 8. The van der Waals surface area contributed by atoms with Gasteiger partial charge in [0.05, 0.1) is 37.7 Å². The van der Waals surface area contributed by atoms with Gasteiger partial charge < -0.3 is 13.9 Å². The second kappa shape index (κ2) is 10.3. The fourth-order valence-electron chi connectivity index (χ4n) is 2.53. The Hall–Kier alpha value is -3.25. The summed E-state index contributed by atoms with van der Waals surface area (Å²) in [5, 5.41) is 17.9. The zero-order chi connectivity index (χ0) is 20.5. The van der Waals surface area contributed by atoms with Gasteiger partial charge in [-0.15, -0.1) is 10.2 Å². The SMILES string of the molecule is CCOC(=O)Cc1nnc(SCCOc2ccc(C#N)cc2)n1Cc1ccco1. The van der Waals surface area contributed by atoms with Crippen molar-refractivity contribution in [1.29, 1.82) is 5.26 Å². The highest BCUT2D eigenvalue weighted by atomic mass is 32.2. The molecule has 1 aromatic carbocycles. The van der Waals surface area contributed by atoms with Gasteiger partial charge in [-0.05, 0) is 43.3 Å². The number of aromatic nitrogens is 3. The van der Waals surface area contributed by atoms with Crippen LogP contribution in [0.5, 0.6) is 5.75 Å². The maximum Gasteiger partial charge on any atom is 0.313 e. The minimum atomic E-state index is -0.346. The van der Waals surface area contributed by atoms with E-state index in [4.69, 9.17) is 19.2 Å². The van der Waals surface area contributed by atoms with Crippen LogP contribution in [0.4, 0.5) is 0 Å². The number of ether oxygens (including phenoxy) is 2. The van der Waals surface area contributed by atoms with Gasteiger partial charge in [0.1, 0.15) is 23.8 Å². The molecule has 0 spiro atoms. The first-order chi connectivity index (χ1) is 14.2. The van der Waals surface area contributed by atoms with E-state index in [0.717, 1.165) is 5.76 Å². The molecule has 0 fully saturated rings. The van der Waals surface area contributed by atoms with Crippen molar-refractivity contribution in [2.24, 2.45) is 0 Å². The Morgan fingerprint density at radius 3 is 2.79 bits per heavy atom. The van der Waals surface area contributed by atoms with E-state index >= 15 is 0 Å². The first kappa shape index (κ1) is 20.5. The van der Waals surface area contributed by atoms with E-state index in [-0.39, 0.29) is 12.4 Å². The Balaban J connectivity index is 1.61. The van der Waals surface area contributed by atoms with Crippen molar-refractivity contribution >= 4 is 17.7 Å². The number of benzene rings is 1. The Kier molecular flexibility index (Phi) is 7.30. The lowest BCUT2D eigenvalue weighted by atomic mass is 10.2. The highest BCUT2D eigenvalue weighted by molar-refractivity contribution is 7.99. The molecule has 3 rings (SSSR count). The molecule has 2 aromatic heterocycles. The van der Waals surface area contributed by atoms with E-state index < -0.39 is 0 Å². The van der Waals surface area contributed by atoms with Gasteiger partial charge in [0.2, 0.25) is 0 Å². The molecular weight excluding hydrogens is 392 g/mol. The molecule has 29 heavy (non-hydrogen) atoms. The first-order valence-corrected chi connectivity index (χ1v) is 10.0. The molecule has 2 heterocycles. The molecule has 0 N–H and O–H groups in total. The van der Waals surface area contributed by atoms with E-state index in [1.54, 1.807) is 37.5 Å². The number of rotatable bonds is 10. The third-order valence-corrected chi connectivity index (χ3v) is 4.79. The number of esters is 1. The van der Waals surface area contributed by atoms with Crippen LogP contribution in [0.25, 0.3) is 0 Å². The Morgan fingerprint density at radius 2 is 2.10 bits per heavy atom. The highest BCUT2D eigenvalue weighted by Gasteiger charge is 2.17. The number of thioether (sulfide) groups is 1. The summed E-state index contributed by atoms with van der Waals surface area (Å²) < 4.78 is 18.0. The van der Waals surface area contributed by atoms with Gasteiger partial charge in [-0.1, -0.05) is 11.8 Å². The summed E-state index contributed by atoms with van der Waals surface area (Å²) in [6, 6.07) is 12.7. The average molecular weight is 412 g/mol. The van der Waals surface area contributed by atoms with E-state index in [2.05, 4.69) is 16.3 Å². The molecule has 0 radical (unpaired) electrons. The number of nitrogens with zero attached hydrogens (tertiary/aromatic N) is 4. The maximum atomic E-state index is 11.9. The maximum absolute atomic E-state index is 11.9. The smallest absolute Gasteiger partial charge is 0.313 e. The van der Waals surface area contributed by atoms with Crippen LogP contribution >= 0.6 is 11.8 Å². The van der Waals surface area contributed by atoms with Gasteiger partial charge in [0.15, 0.2) is 5.16 Å². The minimum Gasteiger partial charge on any atom is -0.493 e. The van der Waals surface area contributed by atoms with Crippen molar-refractivity contribution in [1.82, 2.24) is 14.8 Å². The first-order valence-electron chi connectivity index (χ1n) is 9.05. The molecule has 0 saturated carbocycles. The van der Waals surface area contributed by atoms with Gasteiger partial charge in [-0.25, -0.2) is 0 Å². The molecule has 0 bridgehead atoms. The largest absolute Gasteiger partial charge is 0.493 e. The van der Waals surface area contributed by atoms with Gasteiger partial charge in [0.25, 0.3) is 0 Å². The van der Waals surface area contributed by atoms with Crippen LogP contribution in [-0.4, -0.2) is 39.7 Å². The summed E-state index contributed by atoms with van der Waals surface area (Å²) >= 11 is 1.48. The zero-order valence-corrected chi connectivity index (χ0v) is 16.7. The quantitative estimate of drug-likeness (QED) is 0.284. The number of carbonyl (C=O) groups is 1. The lowest BCUT2D eigenvalue weighted by molar-refractivity contribution is -0.142. The van der Waals surface area contributed by atoms with Crippen molar-refractivity contribution in [2.45, 2.75) is 25.0 Å². The normalized spacial score (nSPS) is 10.5. The molecule has 0 amide bonds. The third kappa shape index (κ3) is 5.86. The molecule has 0 saturated heterocycles. The number of furan rings is 1. The van der Waals surface area contributed by atoms with Gasteiger partial charge in [0, 0.05) is 5.75 Å². The monoisotopic (exact) mass is 412 g/mol. The Labute approximate surface area is 172 Å². The van der Waals surface area contributed by atoms with Crippen LogP contribution < -0.4 is 4.74 Å². The van der Waals surface area contributed by atoms with Crippen molar-refractivity contribution in [2.75, 3.05) is 19.0 Å². The molecule has 3 aromatic rings. The molecular formula is C20H20N4O4S. The van der Waals surface area contributed by atoms with Crippen LogP contribution in [0.2, 0.25) is 0 Å². The number of carbonyl (C=O) groups excluding carboxylic acids is 1. The Morgan fingerprint density at radius 1 is 1.28 bits per heavy atom. The lowest BCUT2D eigenvalue weighted by Gasteiger charge is -2.09. The zero-order valence-electron chi connectivity index (χ0n) is 15.9. The summed E-state index contributed by atoms with van der Waals surface area (Å²) in [5.41, 5.74) is 0.590. The Bertz CT molecular complexity index is 962. The van der Waals surface area contributed by atoms with Crippen LogP contribution in [0.1, 0.15) is 24.1 Å². The minimum absolute atomic E-state index is 0.0455. The predicted octanol–water partition coefficient (Wildman–Crippen LogP) is 3.07. The van der Waals surface area contributed by atoms with Crippen molar-refractivity contribution in [3.8, 4) is 11.8 Å². The molecule has 0 aliphatic carbocycles. The van der Waals surface area contributed by atoms with Crippen LogP contribution in [0.15, 0.2) is 52.2 Å². The summed E-state index contributed by atoms with van der Waals surface area (Å²) in [7, 11) is 0. The van der Waals surface area contributed by atoms with E-state index in [9.17, 15) is 4.79 Å². The second-order valence-corrected chi connectivity index (χ2v) is 6.94. The van der Waals surface area contributed by atoms with Gasteiger partial charge in [-0.3, -0.25) is 9.36 Å². The summed E-state index contributed by atoms with van der Waals surface area (Å²) in [6.45, 7) is 2.96. The van der Waals surface area contributed by atoms with Crippen LogP contribution in [0.3, 0.4) is 0 Å². The van der Waals surface area contributed by atoms with Crippen LogP contribution in [0, 0.1) is 11.3 Å². The fraction of sp³-hybridized carbons (Fsp3) is 0.300. The lowest BCUT2D eigenvalue weighted by Crippen LogP contribution is -2.14. The van der Waals surface area contributed by atoms with Crippen molar-refractivity contribution < 1.29 is 18.7 Å². The molecule has 0 aliphatic heterocycles. The van der Waals surface area contributed by atoms with Gasteiger partial charge >= 0.3 is 5.97 Å². The highest BCUT2D eigenvalue weighted by Crippen LogP contribution is 2.20. The van der Waals surface area contributed by atoms with E-state index in [1.165, 1.54) is 11.8 Å². The van der Waals surface area contributed by atoms with E-state index in [1.807, 2.05) is 16.7 Å². The number of nitriles is 1. The predicted molar refractivity (Wildman–Crippen MR) is 106 cm³/mol. The topological polar surface area (TPSA) is 103 Å². The van der Waals surface area contributed by atoms with Crippen LogP contribution in [-0.2, 0) is 22.5 Å². The van der Waals surface area contributed by atoms with Crippen molar-refractivity contribution in [3.05, 3.63) is 59.8 Å². The summed E-state index contributed by atoms with van der Waals surface area (Å²) in [4.78, 5) is 11.9. The summed E-state index contributed by atoms with van der Waals surface area (Å²) in [5.74, 6) is 2.25. The molecule has 0 unspecified atom stereocenters. The summed E-state index contributed by atoms with van der Waals surface area (Å²) in [6.07, 6.45) is 1.65. The van der Waals surface area contributed by atoms with Gasteiger partial charge in [-0.2, -0.15) is 5.26 Å². The number of hydrogen-bond donors (Lipinski definition) is 0. The molecule has 150 valence electrons. The standard InChI is InChI=1S/C20H20N4O4S/c1-2-26-19(25)12-18-22-23-20(24(18)14-17-4-3-9-27-17)29-11-10-28-16-7-5-15(13-21)6-8-16/h3-9H,2,10-12,14H2,1H3.